The van der Waals surface area contributed by atoms with Crippen LogP contribution in [0.5, 0.6) is 11.5 Å². The monoisotopic (exact) mass is 268 g/mol. The van der Waals surface area contributed by atoms with Crippen LogP contribution in [-0.4, -0.2) is 24.4 Å². The molecule has 0 saturated carbocycles. The molecule has 0 amide bonds. The molecule has 73 valence electrons. The third kappa shape index (κ3) is 2.47. The zero-order chi connectivity index (χ0) is 9.26. The first-order chi connectivity index (χ1) is 6.29. The molecule has 0 aliphatic carbocycles. The summed E-state index contributed by atoms with van der Waals surface area (Å²) >= 11 is 0. The first-order valence-corrected chi connectivity index (χ1v) is 4.23. The summed E-state index contributed by atoms with van der Waals surface area (Å²) in [5.74, 6) is 1.31. The van der Waals surface area contributed by atoms with Gasteiger partial charge in [-0.1, -0.05) is 6.92 Å². The Bertz CT molecular complexity index is 314. The molecule has 4 heteroatoms. The average Bonchev–Trinajstić information content (AvgIpc) is 2.16. The van der Waals surface area contributed by atoms with Crippen molar-refractivity contribution in [3.63, 3.8) is 0 Å². The molecule has 0 saturated heterocycles. The van der Waals surface area contributed by atoms with Gasteiger partial charge in [0.2, 0.25) is 0 Å². The zero-order valence-electron chi connectivity index (χ0n) is 7.99. The van der Waals surface area contributed by atoms with Crippen molar-refractivity contribution >= 4 is 0 Å². The maximum absolute atomic E-state index is 8.87. The molecule has 1 N–H and O–H groups in total. The summed E-state index contributed by atoms with van der Waals surface area (Å²) in [6, 6.07) is 6.81. The fraction of sp³-hybridized carbons (Fsp3) is 0.400. The van der Waals surface area contributed by atoms with E-state index in [0.29, 0.717) is 18.1 Å². The van der Waals surface area contributed by atoms with E-state index in [1.54, 1.807) is 0 Å². The Kier molecular flexibility index (Phi) is 4.36. The van der Waals surface area contributed by atoms with E-state index in [0.717, 1.165) is 5.56 Å². The summed E-state index contributed by atoms with van der Waals surface area (Å²) in [7, 11) is 0. The molecule has 0 spiro atoms. The first kappa shape index (κ1) is 12.0. The van der Waals surface area contributed by atoms with E-state index in [9.17, 15) is 0 Å². The second-order valence-electron chi connectivity index (χ2n) is 3.07. The average molecular weight is 268 g/mol. The summed E-state index contributed by atoms with van der Waals surface area (Å²) in [6.45, 7) is 2.31. The van der Waals surface area contributed by atoms with Gasteiger partial charge in [-0.05, 0) is 0 Å². The van der Waals surface area contributed by atoms with E-state index in [-0.39, 0.29) is 45.4 Å². The van der Waals surface area contributed by atoms with Crippen molar-refractivity contribution in [1.29, 1.82) is 0 Å². The molecule has 1 heterocycles. The Hall–Kier alpha value is -0.116. The Morgan fingerprint density at radius 2 is 2.36 bits per heavy atom. The molecule has 3 nitrogen and oxygen atoms in total. The zero-order valence-corrected chi connectivity index (χ0v) is 10.8. The van der Waals surface area contributed by atoms with Crippen molar-refractivity contribution in [3.05, 3.63) is 23.8 Å². The molecule has 0 bridgehead atoms. The van der Waals surface area contributed by atoms with E-state index in [1.165, 1.54) is 0 Å². The standard InChI is InChI=1S/C10H11O3.Y/c1-7-2-3-9-10(4-7)13-8(5-11)6-12-9;/h2-3,8,11H,5-6H2,1H3;/q-1;/t8-;/m0./s1. The number of benzene rings is 1. The third-order valence-electron chi connectivity index (χ3n) is 1.93. The van der Waals surface area contributed by atoms with Gasteiger partial charge < -0.3 is 14.6 Å². The summed E-state index contributed by atoms with van der Waals surface area (Å²) < 4.78 is 10.8. The van der Waals surface area contributed by atoms with Crippen LogP contribution in [0.25, 0.3) is 0 Å². The maximum atomic E-state index is 8.87. The van der Waals surface area contributed by atoms with Crippen LogP contribution >= 0.6 is 0 Å². The number of aliphatic hydroxyl groups is 1. The van der Waals surface area contributed by atoms with Gasteiger partial charge in [0.15, 0.2) is 6.10 Å². The van der Waals surface area contributed by atoms with Crippen LogP contribution in [0.3, 0.4) is 0 Å². The normalized spacial score (nSPS) is 18.6. The Balaban J connectivity index is 0.000000980. The van der Waals surface area contributed by atoms with Crippen LogP contribution < -0.4 is 9.47 Å². The summed E-state index contributed by atoms with van der Waals surface area (Å²) in [6.07, 6.45) is -0.259. The Labute approximate surface area is 108 Å². The number of aliphatic hydroxyl groups excluding tert-OH is 1. The number of fused-ring (bicyclic) bond motifs is 1. The topological polar surface area (TPSA) is 38.7 Å². The van der Waals surface area contributed by atoms with Gasteiger partial charge in [-0.2, -0.15) is 11.6 Å². The Morgan fingerprint density at radius 1 is 1.57 bits per heavy atom. The number of aryl methyl sites for hydroxylation is 1. The predicted molar refractivity (Wildman–Crippen MR) is 47.0 cm³/mol. The summed E-state index contributed by atoms with van der Waals surface area (Å²) in [5.41, 5.74) is 1.00. The van der Waals surface area contributed by atoms with Gasteiger partial charge in [0.25, 0.3) is 0 Å². The van der Waals surface area contributed by atoms with Gasteiger partial charge in [-0.3, -0.25) is 0 Å². The molecule has 1 aliphatic rings. The SMILES string of the molecule is Cc1[c-]c2c(cc1)OC[C@H](CO)O2.[Y]. The summed E-state index contributed by atoms with van der Waals surface area (Å²) in [4.78, 5) is 0. The number of hydrogen-bond donors (Lipinski definition) is 1. The van der Waals surface area contributed by atoms with Crippen molar-refractivity contribution in [2.24, 2.45) is 0 Å². The van der Waals surface area contributed by atoms with Crippen molar-refractivity contribution in [2.45, 2.75) is 13.0 Å². The number of rotatable bonds is 1. The van der Waals surface area contributed by atoms with E-state index in [2.05, 4.69) is 6.07 Å². The number of ether oxygens (including phenoxy) is 2. The summed E-state index contributed by atoms with van der Waals surface area (Å²) in [5, 5.41) is 8.87. The Morgan fingerprint density at radius 3 is 3.07 bits per heavy atom. The van der Waals surface area contributed by atoms with Gasteiger partial charge in [0.1, 0.15) is 6.61 Å². The fourth-order valence-electron chi connectivity index (χ4n) is 1.23. The maximum Gasteiger partial charge on any atom is 0.151 e. The van der Waals surface area contributed by atoms with Crippen LogP contribution in [0.2, 0.25) is 0 Å². The van der Waals surface area contributed by atoms with Gasteiger partial charge in [-0.15, -0.1) is 12.1 Å². The molecule has 2 rings (SSSR count). The molecule has 1 aromatic carbocycles. The molecule has 0 aromatic heterocycles. The smallest absolute Gasteiger partial charge is 0.151 e. The molecular formula is C10H11O3Y-. The minimum Gasteiger partial charge on any atom is -0.543 e. The molecule has 1 aliphatic heterocycles. The second kappa shape index (κ2) is 5.10. The number of hydrogen-bond acceptors (Lipinski definition) is 3. The van der Waals surface area contributed by atoms with E-state index >= 15 is 0 Å². The predicted octanol–water partition coefficient (Wildman–Crippen LogP) is 0.925. The molecule has 1 radical (unpaired) electrons. The minimum absolute atomic E-state index is 0. The van der Waals surface area contributed by atoms with Crippen LogP contribution in [-0.2, 0) is 32.7 Å². The second-order valence-corrected chi connectivity index (χ2v) is 3.07. The first-order valence-electron chi connectivity index (χ1n) is 4.23. The van der Waals surface area contributed by atoms with Crippen molar-refractivity contribution in [3.8, 4) is 11.5 Å². The van der Waals surface area contributed by atoms with Gasteiger partial charge >= 0.3 is 0 Å². The fourth-order valence-corrected chi connectivity index (χ4v) is 1.23. The van der Waals surface area contributed by atoms with Crippen LogP contribution in [0.15, 0.2) is 12.1 Å². The molecule has 14 heavy (non-hydrogen) atoms. The molecule has 0 fully saturated rings. The van der Waals surface area contributed by atoms with Gasteiger partial charge in [-0.25, -0.2) is 0 Å². The van der Waals surface area contributed by atoms with E-state index in [4.69, 9.17) is 14.6 Å². The van der Waals surface area contributed by atoms with E-state index < -0.39 is 0 Å². The minimum atomic E-state index is -0.259. The van der Waals surface area contributed by atoms with Crippen molar-refractivity contribution in [2.75, 3.05) is 13.2 Å². The van der Waals surface area contributed by atoms with E-state index in [1.807, 2.05) is 19.1 Å². The van der Waals surface area contributed by atoms with Crippen molar-refractivity contribution in [1.82, 2.24) is 0 Å². The third-order valence-corrected chi connectivity index (χ3v) is 1.93. The van der Waals surface area contributed by atoms with Crippen molar-refractivity contribution < 1.29 is 47.3 Å². The van der Waals surface area contributed by atoms with Crippen LogP contribution in [0.1, 0.15) is 5.56 Å². The van der Waals surface area contributed by atoms with Crippen LogP contribution in [0.4, 0.5) is 0 Å². The molecule has 0 unspecified atom stereocenters. The molecular weight excluding hydrogens is 257 g/mol. The largest absolute Gasteiger partial charge is 0.543 e. The molecule has 1 atom stereocenters. The van der Waals surface area contributed by atoms with Crippen LogP contribution in [0, 0.1) is 13.0 Å². The molecule has 1 aromatic rings. The van der Waals surface area contributed by atoms with Gasteiger partial charge in [0, 0.05) is 44.2 Å². The van der Waals surface area contributed by atoms with Gasteiger partial charge in [0.05, 0.1) is 6.61 Å². The quantitative estimate of drug-likeness (QED) is 0.770.